The second-order valence-corrected chi connectivity index (χ2v) is 6.57. The highest BCUT2D eigenvalue weighted by Crippen LogP contribution is 2.25. The molecule has 0 unspecified atom stereocenters. The fourth-order valence-electron chi connectivity index (χ4n) is 3.00. The maximum Gasteiger partial charge on any atom is 0.276 e. The Hall–Kier alpha value is -3.41. The lowest BCUT2D eigenvalue weighted by atomic mass is 10.0. The van der Waals surface area contributed by atoms with Crippen LogP contribution in [0.5, 0.6) is 0 Å². The molecule has 27 heavy (non-hydrogen) atoms. The van der Waals surface area contributed by atoms with Crippen molar-refractivity contribution in [1.82, 2.24) is 9.78 Å². The van der Waals surface area contributed by atoms with Crippen molar-refractivity contribution >= 4 is 23.2 Å². The molecule has 0 saturated heterocycles. The van der Waals surface area contributed by atoms with Crippen molar-refractivity contribution in [3.8, 4) is 11.3 Å². The molecule has 1 aromatic heterocycles. The van der Waals surface area contributed by atoms with Gasteiger partial charge >= 0.3 is 0 Å². The summed E-state index contributed by atoms with van der Waals surface area (Å²) < 4.78 is 1.71. The highest BCUT2D eigenvalue weighted by molar-refractivity contribution is 6.04. The topological polar surface area (TPSA) is 76.0 Å². The van der Waals surface area contributed by atoms with Gasteiger partial charge < -0.3 is 10.6 Å². The molecule has 2 aromatic carbocycles. The number of aryl methyl sites for hydroxylation is 3. The van der Waals surface area contributed by atoms with E-state index in [-0.39, 0.29) is 11.8 Å². The molecule has 6 heteroatoms. The fraction of sp³-hybridized carbons (Fsp3) is 0.190. The number of carbonyl (C=O) groups is 2. The third kappa shape index (κ3) is 4.23. The Morgan fingerprint density at radius 2 is 1.67 bits per heavy atom. The van der Waals surface area contributed by atoms with Crippen LogP contribution in [-0.4, -0.2) is 21.6 Å². The average Bonchev–Trinajstić information content (AvgIpc) is 2.96. The van der Waals surface area contributed by atoms with E-state index >= 15 is 0 Å². The van der Waals surface area contributed by atoms with Gasteiger partial charge in [0.15, 0.2) is 5.69 Å². The first-order valence-electron chi connectivity index (χ1n) is 8.64. The number of nitrogens with one attached hydrogen (secondary N) is 2. The van der Waals surface area contributed by atoms with E-state index in [0.717, 1.165) is 16.8 Å². The van der Waals surface area contributed by atoms with E-state index in [1.807, 2.05) is 33.0 Å². The Morgan fingerprint density at radius 1 is 0.963 bits per heavy atom. The van der Waals surface area contributed by atoms with Gasteiger partial charge in [0, 0.05) is 30.9 Å². The van der Waals surface area contributed by atoms with Gasteiger partial charge in [-0.1, -0.05) is 29.8 Å². The molecular formula is C21H22N4O2. The summed E-state index contributed by atoms with van der Waals surface area (Å²) in [5.74, 6) is -0.470. The van der Waals surface area contributed by atoms with Crippen LogP contribution in [0.2, 0.25) is 0 Å². The maximum absolute atomic E-state index is 12.6. The first-order valence-corrected chi connectivity index (χ1v) is 8.64. The van der Waals surface area contributed by atoms with Crippen LogP contribution in [0, 0.1) is 13.8 Å². The lowest BCUT2D eigenvalue weighted by Crippen LogP contribution is -2.13. The zero-order valence-electron chi connectivity index (χ0n) is 15.8. The molecule has 0 aliphatic carbocycles. The van der Waals surface area contributed by atoms with E-state index < -0.39 is 0 Å². The first-order chi connectivity index (χ1) is 12.8. The minimum Gasteiger partial charge on any atom is -0.326 e. The number of hydrogen-bond donors (Lipinski definition) is 2. The molecule has 0 radical (unpaired) electrons. The summed E-state index contributed by atoms with van der Waals surface area (Å²) in [6.07, 6.45) is 0. The number of rotatable bonds is 4. The van der Waals surface area contributed by atoms with Crippen LogP contribution in [-0.2, 0) is 11.8 Å². The third-order valence-electron chi connectivity index (χ3n) is 4.21. The van der Waals surface area contributed by atoms with E-state index in [9.17, 15) is 9.59 Å². The molecule has 0 saturated carbocycles. The minimum absolute atomic E-state index is 0.165. The molecule has 1 heterocycles. The minimum atomic E-state index is -0.304. The molecule has 0 aliphatic rings. The van der Waals surface area contributed by atoms with Crippen molar-refractivity contribution in [3.63, 3.8) is 0 Å². The lowest BCUT2D eigenvalue weighted by molar-refractivity contribution is -0.114. The van der Waals surface area contributed by atoms with Crippen molar-refractivity contribution in [3.05, 3.63) is 65.4 Å². The van der Waals surface area contributed by atoms with Crippen LogP contribution >= 0.6 is 0 Å². The maximum atomic E-state index is 12.6. The lowest BCUT2D eigenvalue weighted by Gasteiger charge is -2.06. The predicted molar refractivity (Wildman–Crippen MR) is 107 cm³/mol. The van der Waals surface area contributed by atoms with E-state index in [2.05, 4.69) is 21.8 Å². The van der Waals surface area contributed by atoms with Crippen molar-refractivity contribution < 1.29 is 9.59 Å². The number of benzene rings is 2. The highest BCUT2D eigenvalue weighted by Gasteiger charge is 2.15. The molecule has 0 fully saturated rings. The van der Waals surface area contributed by atoms with E-state index in [1.165, 1.54) is 12.5 Å². The van der Waals surface area contributed by atoms with Gasteiger partial charge in [-0.15, -0.1) is 0 Å². The molecule has 2 N–H and O–H groups in total. The Labute approximate surface area is 158 Å². The number of anilines is 2. The van der Waals surface area contributed by atoms with Gasteiger partial charge in [0.2, 0.25) is 5.91 Å². The molecular weight excluding hydrogens is 340 g/mol. The standard InChI is InChI=1S/C21H22N4O2/c1-13-8-9-18(14(2)10-13)20-12-19(24-25(20)4)21(27)23-17-7-5-6-16(11-17)22-15(3)26/h5-12H,1-4H3,(H,22,26)(H,23,27). The van der Waals surface area contributed by atoms with E-state index in [0.29, 0.717) is 17.1 Å². The van der Waals surface area contributed by atoms with Gasteiger partial charge in [-0.05, 0) is 43.7 Å². The Bertz CT molecular complexity index is 1020. The highest BCUT2D eigenvalue weighted by atomic mass is 16.2. The summed E-state index contributed by atoms with van der Waals surface area (Å²) in [5.41, 5.74) is 5.79. The first kappa shape index (κ1) is 18.4. The number of aromatic nitrogens is 2. The molecule has 3 rings (SSSR count). The Balaban J connectivity index is 1.83. The van der Waals surface area contributed by atoms with Crippen LogP contribution < -0.4 is 10.6 Å². The smallest absolute Gasteiger partial charge is 0.276 e. The summed E-state index contributed by atoms with van der Waals surface area (Å²) in [6.45, 7) is 5.53. The monoisotopic (exact) mass is 362 g/mol. The molecule has 0 atom stereocenters. The van der Waals surface area contributed by atoms with Crippen LogP contribution in [0.4, 0.5) is 11.4 Å². The quantitative estimate of drug-likeness (QED) is 0.739. The van der Waals surface area contributed by atoms with E-state index in [4.69, 9.17) is 0 Å². The van der Waals surface area contributed by atoms with Gasteiger partial charge in [-0.25, -0.2) is 0 Å². The van der Waals surface area contributed by atoms with Crippen LogP contribution in [0.1, 0.15) is 28.5 Å². The predicted octanol–water partition coefficient (Wildman–Crippen LogP) is 3.91. The van der Waals surface area contributed by atoms with Crippen molar-refractivity contribution in [2.24, 2.45) is 7.05 Å². The van der Waals surface area contributed by atoms with Gasteiger partial charge in [-0.3, -0.25) is 14.3 Å². The molecule has 138 valence electrons. The summed E-state index contributed by atoms with van der Waals surface area (Å²) in [5, 5.41) is 9.87. The van der Waals surface area contributed by atoms with Gasteiger partial charge in [-0.2, -0.15) is 5.10 Å². The fourth-order valence-corrected chi connectivity index (χ4v) is 3.00. The summed E-state index contributed by atoms with van der Waals surface area (Å²) in [6, 6.07) is 15.0. The Kier molecular flexibility index (Phi) is 5.07. The number of nitrogens with zero attached hydrogens (tertiary/aromatic N) is 2. The summed E-state index contributed by atoms with van der Waals surface area (Å²) in [7, 11) is 1.82. The number of carbonyl (C=O) groups excluding carboxylic acids is 2. The normalized spacial score (nSPS) is 10.5. The molecule has 0 bridgehead atoms. The van der Waals surface area contributed by atoms with Crippen LogP contribution in [0.3, 0.4) is 0 Å². The summed E-state index contributed by atoms with van der Waals surface area (Å²) in [4.78, 5) is 23.8. The molecule has 3 aromatic rings. The van der Waals surface area contributed by atoms with Crippen molar-refractivity contribution in [1.29, 1.82) is 0 Å². The van der Waals surface area contributed by atoms with Crippen molar-refractivity contribution in [2.45, 2.75) is 20.8 Å². The van der Waals surface area contributed by atoms with Crippen LogP contribution in [0.25, 0.3) is 11.3 Å². The molecule has 6 nitrogen and oxygen atoms in total. The Morgan fingerprint density at radius 3 is 2.33 bits per heavy atom. The van der Waals surface area contributed by atoms with Gasteiger partial charge in [0.1, 0.15) is 0 Å². The van der Waals surface area contributed by atoms with Crippen molar-refractivity contribution in [2.75, 3.05) is 10.6 Å². The van der Waals surface area contributed by atoms with Gasteiger partial charge in [0.05, 0.1) is 5.69 Å². The zero-order valence-corrected chi connectivity index (χ0v) is 15.8. The largest absolute Gasteiger partial charge is 0.326 e. The van der Waals surface area contributed by atoms with E-state index in [1.54, 1.807) is 35.0 Å². The van der Waals surface area contributed by atoms with Gasteiger partial charge in [0.25, 0.3) is 5.91 Å². The van der Waals surface area contributed by atoms with Crippen LogP contribution in [0.15, 0.2) is 48.5 Å². The molecule has 0 aliphatic heterocycles. The zero-order chi connectivity index (χ0) is 19.6. The number of amides is 2. The molecule has 0 spiro atoms. The summed E-state index contributed by atoms with van der Waals surface area (Å²) >= 11 is 0. The second-order valence-electron chi connectivity index (χ2n) is 6.57. The SMILES string of the molecule is CC(=O)Nc1cccc(NC(=O)c2cc(-c3ccc(C)cc3C)n(C)n2)c1. The third-order valence-corrected chi connectivity index (χ3v) is 4.21. The molecule has 2 amide bonds. The second kappa shape index (κ2) is 7.45. The number of hydrogen-bond acceptors (Lipinski definition) is 3. The average molecular weight is 362 g/mol.